The van der Waals surface area contributed by atoms with Gasteiger partial charge in [0.05, 0.1) is 0 Å². The van der Waals surface area contributed by atoms with Gasteiger partial charge in [0, 0.05) is 20.5 Å². The molecule has 0 bridgehead atoms. The van der Waals surface area contributed by atoms with Gasteiger partial charge in [-0.05, 0) is 34.5 Å². The average molecular weight is 335 g/mol. The van der Waals surface area contributed by atoms with Crippen molar-refractivity contribution in [2.24, 2.45) is 0 Å². The molecule has 0 N–H and O–H groups in total. The van der Waals surface area contributed by atoms with E-state index >= 15 is 0 Å². The Labute approximate surface area is 130 Å². The Morgan fingerprint density at radius 1 is 0.857 bits per heavy atom. The van der Waals surface area contributed by atoms with E-state index in [0.717, 1.165) is 36.8 Å². The molecule has 0 aliphatic heterocycles. The van der Waals surface area contributed by atoms with E-state index < -0.39 is 0 Å². The molecule has 0 saturated heterocycles. The Morgan fingerprint density at radius 2 is 1.57 bits per heavy atom. The third-order valence-corrected chi connectivity index (χ3v) is 4.34. The van der Waals surface area contributed by atoms with Crippen LogP contribution < -0.4 is 10.6 Å². The first-order valence-corrected chi connectivity index (χ1v) is 7.57. The maximum atomic E-state index is 12.7. The fraction of sp³-hybridized carbons (Fsp3) is 0. The third-order valence-electron chi connectivity index (χ3n) is 3.84. The molecule has 4 aromatic carbocycles. The molecule has 0 aliphatic carbocycles. The van der Waals surface area contributed by atoms with Crippen molar-refractivity contribution in [2.45, 2.75) is 0 Å². The van der Waals surface area contributed by atoms with E-state index in [0.29, 0.717) is 0 Å². The lowest BCUT2D eigenvalue weighted by Crippen LogP contribution is -2.19. The zero-order valence-electron chi connectivity index (χ0n) is 11.1. The van der Waals surface area contributed by atoms with E-state index in [1.807, 2.05) is 54.6 Å². The maximum absolute atomic E-state index is 12.7. The van der Waals surface area contributed by atoms with Gasteiger partial charge in [0.1, 0.15) is 0 Å². The lowest BCUT2D eigenvalue weighted by Gasteiger charge is -1.96. The zero-order valence-corrected chi connectivity index (χ0v) is 12.7. The fourth-order valence-corrected chi connectivity index (χ4v) is 3.35. The topological polar surface area (TPSA) is 17.1 Å². The smallest absolute Gasteiger partial charge is 0.194 e. The summed E-state index contributed by atoms with van der Waals surface area (Å²) in [6, 6.07) is 20.0. The molecule has 0 unspecified atom stereocenters. The first-order chi connectivity index (χ1) is 10.2. The summed E-state index contributed by atoms with van der Waals surface area (Å²) in [5.41, 5.74) is 1.14. The Kier molecular flexibility index (Phi) is 2.79. The van der Waals surface area contributed by atoms with Crippen LogP contribution in [0.1, 0.15) is 5.56 Å². The van der Waals surface area contributed by atoms with Gasteiger partial charge in [0.15, 0.2) is 5.43 Å². The van der Waals surface area contributed by atoms with Crippen LogP contribution in [0.4, 0.5) is 0 Å². The largest absolute Gasteiger partial charge is 0.289 e. The minimum Gasteiger partial charge on any atom is -0.289 e. The second kappa shape index (κ2) is 4.68. The summed E-state index contributed by atoms with van der Waals surface area (Å²) >= 11 is 3.47. The Hall–Kier alpha value is -2.19. The SMILES string of the molecule is O=c1/c(=C/c2cccc(Br)c2)c2cccc3cccc1c32. The van der Waals surface area contributed by atoms with Gasteiger partial charge in [-0.25, -0.2) is 0 Å². The van der Waals surface area contributed by atoms with Crippen LogP contribution in [-0.2, 0) is 0 Å². The summed E-state index contributed by atoms with van der Waals surface area (Å²) in [7, 11) is 0. The Morgan fingerprint density at radius 3 is 2.33 bits per heavy atom. The van der Waals surface area contributed by atoms with Crippen LogP contribution in [0, 0.1) is 0 Å². The summed E-state index contributed by atoms with van der Waals surface area (Å²) in [5.74, 6) is 0. The van der Waals surface area contributed by atoms with Crippen LogP contribution in [0.2, 0.25) is 0 Å². The molecule has 0 amide bonds. The van der Waals surface area contributed by atoms with Crippen LogP contribution in [0.25, 0.3) is 27.6 Å². The van der Waals surface area contributed by atoms with E-state index in [1.165, 1.54) is 0 Å². The maximum Gasteiger partial charge on any atom is 0.194 e. The van der Waals surface area contributed by atoms with E-state index in [9.17, 15) is 4.79 Å². The molecular formula is C19H11BrO. The third kappa shape index (κ3) is 1.95. The Bertz CT molecular complexity index is 1060. The molecule has 21 heavy (non-hydrogen) atoms. The quantitative estimate of drug-likeness (QED) is 0.512. The van der Waals surface area contributed by atoms with Gasteiger partial charge in [0.25, 0.3) is 0 Å². The molecule has 0 saturated carbocycles. The number of benzene rings is 3. The second-order valence-corrected chi connectivity index (χ2v) is 6.07. The lowest BCUT2D eigenvalue weighted by atomic mass is 10.1. The monoisotopic (exact) mass is 334 g/mol. The molecule has 0 fully saturated rings. The highest BCUT2D eigenvalue weighted by atomic mass is 79.9. The predicted molar refractivity (Wildman–Crippen MR) is 91.8 cm³/mol. The number of rotatable bonds is 1. The van der Waals surface area contributed by atoms with Crippen LogP contribution in [0.3, 0.4) is 0 Å². The zero-order chi connectivity index (χ0) is 14.4. The minimum atomic E-state index is 0.113. The summed E-state index contributed by atoms with van der Waals surface area (Å²) in [6.07, 6.45) is 1.97. The molecular weight excluding hydrogens is 324 g/mol. The van der Waals surface area contributed by atoms with Gasteiger partial charge in [-0.3, -0.25) is 4.79 Å². The van der Waals surface area contributed by atoms with E-state index in [2.05, 4.69) is 28.1 Å². The summed E-state index contributed by atoms with van der Waals surface area (Å²) < 4.78 is 1.01. The van der Waals surface area contributed by atoms with Crippen LogP contribution in [0.15, 0.2) is 69.9 Å². The van der Waals surface area contributed by atoms with Gasteiger partial charge >= 0.3 is 0 Å². The highest BCUT2D eigenvalue weighted by Crippen LogP contribution is 2.22. The summed E-state index contributed by atoms with van der Waals surface area (Å²) in [6.45, 7) is 0. The van der Waals surface area contributed by atoms with Crippen molar-refractivity contribution < 1.29 is 0 Å². The minimum absolute atomic E-state index is 0.113. The van der Waals surface area contributed by atoms with Crippen molar-refractivity contribution in [3.05, 3.63) is 86.1 Å². The highest BCUT2D eigenvalue weighted by molar-refractivity contribution is 9.10. The summed E-state index contributed by atoms with van der Waals surface area (Å²) in [5, 5.41) is 4.82. The van der Waals surface area contributed by atoms with Gasteiger partial charge in [-0.1, -0.05) is 64.5 Å². The van der Waals surface area contributed by atoms with Gasteiger partial charge < -0.3 is 0 Å². The molecule has 0 aliphatic rings. The van der Waals surface area contributed by atoms with Crippen molar-refractivity contribution >= 4 is 43.6 Å². The molecule has 0 aromatic heterocycles. The molecule has 2 heteroatoms. The molecule has 100 valence electrons. The number of halogens is 1. The standard InChI is InChI=1S/C19H11BrO/c20-14-7-1-4-12(10-14)11-17-15-8-2-5-13-6-3-9-16(18(13)15)19(17)21/h1-11H/b17-11+. The van der Waals surface area contributed by atoms with E-state index in [1.54, 1.807) is 0 Å². The molecule has 4 aromatic rings. The predicted octanol–water partition coefficient (Wildman–Crippen LogP) is 4.10. The molecule has 0 radical (unpaired) electrons. The van der Waals surface area contributed by atoms with Gasteiger partial charge in [-0.15, -0.1) is 0 Å². The van der Waals surface area contributed by atoms with Crippen molar-refractivity contribution in [3.8, 4) is 0 Å². The normalized spacial score (nSPS) is 12.5. The molecule has 0 spiro atoms. The van der Waals surface area contributed by atoms with Gasteiger partial charge in [0.2, 0.25) is 0 Å². The molecule has 4 rings (SSSR count). The molecule has 1 nitrogen and oxygen atoms in total. The van der Waals surface area contributed by atoms with Crippen LogP contribution >= 0.6 is 15.9 Å². The highest BCUT2D eigenvalue weighted by Gasteiger charge is 2.10. The Balaban J connectivity index is 2.17. The van der Waals surface area contributed by atoms with Crippen molar-refractivity contribution in [1.82, 2.24) is 0 Å². The second-order valence-electron chi connectivity index (χ2n) is 5.15. The van der Waals surface area contributed by atoms with E-state index in [-0.39, 0.29) is 5.43 Å². The van der Waals surface area contributed by atoms with Crippen LogP contribution in [-0.4, -0.2) is 0 Å². The van der Waals surface area contributed by atoms with Gasteiger partial charge in [-0.2, -0.15) is 0 Å². The number of hydrogen-bond acceptors (Lipinski definition) is 1. The molecule has 0 heterocycles. The average Bonchev–Trinajstić information content (AvgIpc) is 2.76. The first-order valence-electron chi connectivity index (χ1n) is 6.78. The van der Waals surface area contributed by atoms with Crippen molar-refractivity contribution in [1.29, 1.82) is 0 Å². The fourth-order valence-electron chi connectivity index (χ4n) is 2.93. The van der Waals surface area contributed by atoms with Crippen molar-refractivity contribution in [2.75, 3.05) is 0 Å². The van der Waals surface area contributed by atoms with Crippen LogP contribution in [0.5, 0.6) is 0 Å². The summed E-state index contributed by atoms with van der Waals surface area (Å²) in [4.78, 5) is 12.7. The molecule has 0 atom stereocenters. The first kappa shape index (κ1) is 12.5. The van der Waals surface area contributed by atoms with E-state index in [4.69, 9.17) is 0 Å². The lowest BCUT2D eigenvalue weighted by molar-refractivity contribution is 1.58. The van der Waals surface area contributed by atoms with Crippen molar-refractivity contribution in [3.63, 3.8) is 0 Å². The number of hydrogen-bond donors (Lipinski definition) is 0.